The first-order chi connectivity index (χ1) is 17.4. The molecule has 5 nitrogen and oxygen atoms in total. The molecule has 2 amide bonds. The Morgan fingerprint density at radius 1 is 1.03 bits per heavy atom. The Morgan fingerprint density at radius 2 is 1.72 bits per heavy atom. The molecule has 4 rings (SSSR count). The Hall–Kier alpha value is -3.25. The zero-order valence-electron chi connectivity index (χ0n) is 21.1. The van der Waals surface area contributed by atoms with Crippen molar-refractivity contribution < 1.29 is 14.3 Å². The number of thioether (sulfide) groups is 1. The fourth-order valence-electron chi connectivity index (χ4n) is 4.49. The van der Waals surface area contributed by atoms with E-state index in [1.54, 1.807) is 18.9 Å². The average molecular weight is 503 g/mol. The number of carbonyl (C=O) groups excluding carboxylic acids is 2. The number of amides is 2. The summed E-state index contributed by atoms with van der Waals surface area (Å²) in [4.78, 5) is 27.7. The van der Waals surface area contributed by atoms with Crippen LogP contribution in [0.3, 0.4) is 0 Å². The number of rotatable bonds is 10. The van der Waals surface area contributed by atoms with Gasteiger partial charge in [-0.3, -0.25) is 9.59 Å². The second kappa shape index (κ2) is 12.1. The molecule has 0 bridgehead atoms. The van der Waals surface area contributed by atoms with Gasteiger partial charge in [0.25, 0.3) is 5.91 Å². The van der Waals surface area contributed by atoms with Crippen LogP contribution in [0.2, 0.25) is 0 Å². The fourth-order valence-corrected chi connectivity index (χ4v) is 5.71. The molecule has 1 N–H and O–H groups in total. The molecule has 0 spiro atoms. The lowest BCUT2D eigenvalue weighted by atomic mass is 9.96. The third-order valence-corrected chi connectivity index (χ3v) is 7.70. The van der Waals surface area contributed by atoms with Gasteiger partial charge in [-0.1, -0.05) is 68.4 Å². The zero-order chi connectivity index (χ0) is 25.5. The Bertz CT molecular complexity index is 1150. The average Bonchev–Trinajstić information content (AvgIpc) is 3.27. The van der Waals surface area contributed by atoms with Crippen molar-refractivity contribution in [2.24, 2.45) is 5.92 Å². The molecule has 2 atom stereocenters. The van der Waals surface area contributed by atoms with Crippen molar-refractivity contribution in [3.63, 3.8) is 0 Å². The lowest BCUT2D eigenvalue weighted by molar-refractivity contribution is -0.128. The van der Waals surface area contributed by atoms with Crippen LogP contribution in [0.4, 0.5) is 0 Å². The standard InChI is InChI=1S/C30H34N2O3S/c1-21(2)19-27(23-13-15-26(35-3)16-14-23)31-29(34)24-9-11-25(12-10-24)30-32(28(33)20-36-30)18-17-22-7-5-4-6-8-22/h4-16,21,27,30H,17-20H2,1-3H3,(H,31,34). The van der Waals surface area contributed by atoms with Gasteiger partial charge in [-0.05, 0) is 59.7 Å². The summed E-state index contributed by atoms with van der Waals surface area (Å²) in [6.45, 7) is 4.99. The fraction of sp³-hybridized carbons (Fsp3) is 0.333. The number of hydrogen-bond donors (Lipinski definition) is 1. The summed E-state index contributed by atoms with van der Waals surface area (Å²) in [6.07, 6.45) is 1.67. The van der Waals surface area contributed by atoms with E-state index in [1.807, 2.05) is 71.6 Å². The van der Waals surface area contributed by atoms with Crippen molar-refractivity contribution in [1.29, 1.82) is 0 Å². The van der Waals surface area contributed by atoms with Crippen LogP contribution in [0.25, 0.3) is 0 Å². The first kappa shape index (κ1) is 25.8. The lowest BCUT2D eigenvalue weighted by Gasteiger charge is -2.25. The van der Waals surface area contributed by atoms with Gasteiger partial charge in [0.2, 0.25) is 5.91 Å². The van der Waals surface area contributed by atoms with Crippen LogP contribution in [0.5, 0.6) is 5.75 Å². The highest BCUT2D eigenvalue weighted by Gasteiger charge is 2.32. The van der Waals surface area contributed by atoms with Crippen molar-refractivity contribution in [3.8, 4) is 5.75 Å². The van der Waals surface area contributed by atoms with E-state index < -0.39 is 0 Å². The second-order valence-electron chi connectivity index (χ2n) is 9.54. The van der Waals surface area contributed by atoms with Crippen molar-refractivity contribution in [2.45, 2.75) is 38.1 Å². The van der Waals surface area contributed by atoms with E-state index in [1.165, 1.54) is 5.56 Å². The minimum atomic E-state index is -0.0981. The van der Waals surface area contributed by atoms with Crippen molar-refractivity contribution in [3.05, 3.63) is 101 Å². The first-order valence-corrected chi connectivity index (χ1v) is 13.5. The van der Waals surface area contributed by atoms with Crippen LogP contribution in [0.1, 0.15) is 58.7 Å². The predicted octanol–water partition coefficient (Wildman–Crippen LogP) is 6.03. The van der Waals surface area contributed by atoms with Crippen LogP contribution in [0.15, 0.2) is 78.9 Å². The molecule has 36 heavy (non-hydrogen) atoms. The summed E-state index contributed by atoms with van der Waals surface area (Å²) in [5.74, 6) is 1.78. The van der Waals surface area contributed by atoms with Crippen LogP contribution < -0.4 is 10.1 Å². The van der Waals surface area contributed by atoms with Crippen LogP contribution in [-0.4, -0.2) is 36.1 Å². The molecule has 0 saturated carbocycles. The second-order valence-corrected chi connectivity index (χ2v) is 10.6. The molecule has 1 fully saturated rings. The molecule has 3 aromatic rings. The summed E-state index contributed by atoms with van der Waals surface area (Å²) >= 11 is 1.64. The van der Waals surface area contributed by atoms with Crippen LogP contribution in [0, 0.1) is 5.92 Å². The quantitative estimate of drug-likeness (QED) is 0.368. The minimum absolute atomic E-state index is 0.0219. The first-order valence-electron chi connectivity index (χ1n) is 12.4. The summed E-state index contributed by atoms with van der Waals surface area (Å²) in [5, 5.41) is 3.19. The minimum Gasteiger partial charge on any atom is -0.497 e. The molecular formula is C30H34N2O3S. The largest absolute Gasteiger partial charge is 0.497 e. The molecule has 1 aliphatic heterocycles. The zero-order valence-corrected chi connectivity index (χ0v) is 22.0. The van der Waals surface area contributed by atoms with E-state index in [0.29, 0.717) is 23.8 Å². The maximum absolute atomic E-state index is 13.1. The van der Waals surface area contributed by atoms with Gasteiger partial charge in [0.1, 0.15) is 11.1 Å². The third kappa shape index (κ3) is 6.49. The Kier molecular flexibility index (Phi) is 8.70. The molecule has 3 aromatic carbocycles. The molecule has 1 heterocycles. The maximum atomic E-state index is 13.1. The van der Waals surface area contributed by atoms with Gasteiger partial charge in [0.05, 0.1) is 18.9 Å². The van der Waals surface area contributed by atoms with Crippen molar-refractivity contribution >= 4 is 23.6 Å². The Labute approximate surface area is 218 Å². The topological polar surface area (TPSA) is 58.6 Å². The van der Waals surface area contributed by atoms with Crippen LogP contribution in [-0.2, 0) is 11.2 Å². The van der Waals surface area contributed by atoms with Crippen molar-refractivity contribution in [2.75, 3.05) is 19.4 Å². The molecule has 1 aliphatic rings. The van der Waals surface area contributed by atoms with Crippen LogP contribution >= 0.6 is 11.8 Å². The smallest absolute Gasteiger partial charge is 0.251 e. The van der Waals surface area contributed by atoms with Gasteiger partial charge in [0, 0.05) is 12.1 Å². The monoisotopic (exact) mass is 502 g/mol. The maximum Gasteiger partial charge on any atom is 0.251 e. The third-order valence-electron chi connectivity index (χ3n) is 6.44. The SMILES string of the molecule is COc1ccc(C(CC(C)C)NC(=O)c2ccc(C3SCC(=O)N3CCc3ccccc3)cc2)cc1. The number of nitrogens with zero attached hydrogens (tertiary/aromatic N) is 1. The Balaban J connectivity index is 1.43. The molecule has 2 unspecified atom stereocenters. The number of nitrogens with one attached hydrogen (secondary N) is 1. The van der Waals surface area contributed by atoms with Gasteiger partial charge >= 0.3 is 0 Å². The predicted molar refractivity (Wildman–Crippen MR) is 146 cm³/mol. The molecule has 0 aliphatic carbocycles. The van der Waals surface area contributed by atoms with Gasteiger partial charge < -0.3 is 15.0 Å². The van der Waals surface area contributed by atoms with Gasteiger partial charge in [-0.2, -0.15) is 0 Å². The lowest BCUT2D eigenvalue weighted by Crippen LogP contribution is -2.30. The number of benzene rings is 3. The highest BCUT2D eigenvalue weighted by molar-refractivity contribution is 8.00. The van der Waals surface area contributed by atoms with E-state index in [-0.39, 0.29) is 23.2 Å². The Morgan fingerprint density at radius 3 is 2.36 bits per heavy atom. The summed E-state index contributed by atoms with van der Waals surface area (Å²) in [5.41, 5.74) is 3.95. The van der Waals surface area contributed by atoms with Gasteiger partial charge in [-0.15, -0.1) is 11.8 Å². The normalized spacial score (nSPS) is 16.3. The van der Waals surface area contributed by atoms with E-state index >= 15 is 0 Å². The molecule has 0 radical (unpaired) electrons. The van der Waals surface area contributed by atoms with E-state index in [4.69, 9.17) is 4.74 Å². The van der Waals surface area contributed by atoms with Gasteiger partial charge in [0.15, 0.2) is 0 Å². The summed E-state index contributed by atoms with van der Waals surface area (Å²) in [7, 11) is 1.65. The molecule has 0 aromatic heterocycles. The number of methoxy groups -OCH3 is 1. The molecule has 6 heteroatoms. The number of hydrogen-bond acceptors (Lipinski definition) is 4. The summed E-state index contributed by atoms with van der Waals surface area (Å²) < 4.78 is 5.27. The molecule has 1 saturated heterocycles. The van der Waals surface area contributed by atoms with E-state index in [2.05, 4.69) is 31.3 Å². The van der Waals surface area contributed by atoms with Gasteiger partial charge in [-0.25, -0.2) is 0 Å². The van der Waals surface area contributed by atoms with E-state index in [0.717, 1.165) is 29.7 Å². The number of carbonyl (C=O) groups is 2. The number of ether oxygens (including phenoxy) is 1. The highest BCUT2D eigenvalue weighted by Crippen LogP contribution is 2.38. The highest BCUT2D eigenvalue weighted by atomic mass is 32.2. The van der Waals surface area contributed by atoms with E-state index in [9.17, 15) is 9.59 Å². The van der Waals surface area contributed by atoms with Crippen molar-refractivity contribution in [1.82, 2.24) is 10.2 Å². The molecule has 188 valence electrons. The molecular weight excluding hydrogens is 468 g/mol. The summed E-state index contributed by atoms with van der Waals surface area (Å²) in [6, 6.07) is 25.7.